The fourth-order valence-corrected chi connectivity index (χ4v) is 2.59. The van der Waals surface area contributed by atoms with E-state index in [1.165, 1.54) is 37.0 Å². The number of halogens is 2. The average molecular weight is 324 g/mol. The van der Waals surface area contributed by atoms with Crippen LogP contribution in [0, 0.1) is 0 Å². The predicted molar refractivity (Wildman–Crippen MR) is 65.3 cm³/mol. The maximum Gasteiger partial charge on any atom is 0.241 e. The molecule has 1 aliphatic heterocycles. The molecule has 1 rings (SSSR count). The van der Waals surface area contributed by atoms with E-state index in [1.807, 2.05) is 0 Å². The Morgan fingerprint density at radius 2 is 1.53 bits per heavy atom. The van der Waals surface area contributed by atoms with Gasteiger partial charge >= 0.3 is 0 Å². The Labute approximate surface area is 112 Å². The van der Waals surface area contributed by atoms with E-state index in [9.17, 15) is 24.6 Å². The second-order valence-electron chi connectivity index (χ2n) is 4.39. The molecule has 0 aromatic rings. The van der Waals surface area contributed by atoms with Gasteiger partial charge in [-0.05, 0) is 0 Å². The molecular formula is C8H18F2N2O5S2. The third-order valence-corrected chi connectivity index (χ3v) is 4.08. The molecule has 0 amide bonds. The zero-order valence-corrected chi connectivity index (χ0v) is 12.4. The summed E-state index contributed by atoms with van der Waals surface area (Å²) in [6.45, 7) is 4.81. The summed E-state index contributed by atoms with van der Waals surface area (Å²) in [4.78, 5) is 0. The summed E-state index contributed by atoms with van der Waals surface area (Å²) >= 11 is 0. The predicted octanol–water partition coefficient (Wildman–Crippen LogP) is 0.662. The first-order valence-corrected chi connectivity index (χ1v) is 8.11. The number of nitrogens with zero attached hydrogens (tertiary/aromatic N) is 2. The van der Waals surface area contributed by atoms with Gasteiger partial charge < -0.3 is 13.3 Å². The summed E-state index contributed by atoms with van der Waals surface area (Å²) in [5, 5.41) is 0. The number of rotatable bonds is 5. The Balaban J connectivity index is 0.000000344. The minimum Gasteiger partial charge on any atom is -0.379 e. The summed E-state index contributed by atoms with van der Waals surface area (Å²) in [5.74, 6) is 0. The molecule has 0 aliphatic carbocycles. The van der Waals surface area contributed by atoms with Crippen molar-refractivity contribution in [3.63, 3.8) is 0 Å². The van der Waals surface area contributed by atoms with E-state index < -0.39 is 20.8 Å². The van der Waals surface area contributed by atoms with Gasteiger partial charge in [-0.1, -0.05) is 0 Å². The largest absolute Gasteiger partial charge is 0.379 e. The summed E-state index contributed by atoms with van der Waals surface area (Å²) < 4.78 is 66.4. The van der Waals surface area contributed by atoms with Gasteiger partial charge in [0.2, 0.25) is 20.8 Å². The zero-order valence-electron chi connectivity index (χ0n) is 10.8. The van der Waals surface area contributed by atoms with Crippen LogP contribution in [0.15, 0.2) is 0 Å². The van der Waals surface area contributed by atoms with Crippen molar-refractivity contribution in [3.05, 3.63) is 4.13 Å². The fraction of sp³-hybridized carbons (Fsp3) is 1.00. The first kappa shape index (κ1) is 18.6. The lowest BCUT2D eigenvalue weighted by molar-refractivity contribution is -0.897. The Bertz CT molecular complexity index is 430. The molecule has 116 valence electrons. The summed E-state index contributed by atoms with van der Waals surface area (Å²) in [6.07, 6.45) is 2.81. The van der Waals surface area contributed by atoms with E-state index >= 15 is 0 Å². The second kappa shape index (κ2) is 7.43. The number of likely N-dealkylation sites (N-methyl/N-ethyl adjacent to an activating group) is 1. The first-order valence-electron chi connectivity index (χ1n) is 5.43. The van der Waals surface area contributed by atoms with Crippen molar-refractivity contribution in [2.45, 2.75) is 12.8 Å². The lowest BCUT2D eigenvalue weighted by Gasteiger charge is -2.28. The third kappa shape index (κ3) is 11.2. The Morgan fingerprint density at radius 3 is 1.79 bits per heavy atom. The maximum atomic E-state index is 11.1. The molecule has 0 aromatic carbocycles. The monoisotopic (exact) mass is 324 g/mol. The second-order valence-corrected chi connectivity index (χ2v) is 6.63. The summed E-state index contributed by atoms with van der Waals surface area (Å²) in [5.41, 5.74) is 0. The minimum absolute atomic E-state index is 0.913. The van der Waals surface area contributed by atoms with Crippen molar-refractivity contribution in [1.82, 2.24) is 0 Å². The topological polar surface area (TPSA) is 91.6 Å². The van der Waals surface area contributed by atoms with E-state index in [1.54, 1.807) is 7.11 Å². The normalized spacial score (nSPS) is 18.7. The van der Waals surface area contributed by atoms with Crippen molar-refractivity contribution in [1.29, 1.82) is 0 Å². The van der Waals surface area contributed by atoms with Gasteiger partial charge in [0.15, 0.2) is 0 Å². The highest BCUT2D eigenvalue weighted by Crippen LogP contribution is 2.15. The molecule has 1 fully saturated rings. The number of ether oxygens (including phenoxy) is 1. The van der Waals surface area contributed by atoms with Crippen molar-refractivity contribution in [3.8, 4) is 0 Å². The quantitative estimate of drug-likeness (QED) is 0.547. The highest BCUT2D eigenvalue weighted by molar-refractivity contribution is 8.07. The van der Waals surface area contributed by atoms with Crippen LogP contribution in [0.25, 0.3) is 4.13 Å². The SMILES string of the molecule is COCC[N+]1(C)CCCC1.O=S(=O)(F)[N-]S(=O)(=O)F. The number of likely N-dealkylation sites (tertiary alicyclic amines) is 1. The molecule has 1 saturated heterocycles. The van der Waals surface area contributed by atoms with E-state index in [2.05, 4.69) is 7.05 Å². The van der Waals surface area contributed by atoms with Gasteiger partial charge in [-0.2, -0.15) is 0 Å². The maximum absolute atomic E-state index is 11.1. The van der Waals surface area contributed by atoms with Crippen LogP contribution in [0.3, 0.4) is 0 Å². The van der Waals surface area contributed by atoms with Crippen LogP contribution >= 0.6 is 0 Å². The van der Waals surface area contributed by atoms with E-state index in [0.717, 1.165) is 10.7 Å². The number of methoxy groups -OCH3 is 1. The van der Waals surface area contributed by atoms with Gasteiger partial charge in [-0.3, -0.25) is 0 Å². The Morgan fingerprint density at radius 1 is 1.11 bits per heavy atom. The summed E-state index contributed by atoms with van der Waals surface area (Å²) in [7, 11) is -7.13. The smallest absolute Gasteiger partial charge is 0.241 e. The average Bonchev–Trinajstić information content (AvgIpc) is 2.58. The van der Waals surface area contributed by atoms with Gasteiger partial charge in [0.05, 0.1) is 26.7 Å². The molecule has 0 saturated carbocycles. The lowest BCUT2D eigenvalue weighted by atomic mass is 10.4. The van der Waals surface area contributed by atoms with Crippen molar-refractivity contribution in [2.75, 3.05) is 40.4 Å². The highest BCUT2D eigenvalue weighted by Gasteiger charge is 2.25. The van der Waals surface area contributed by atoms with E-state index in [0.29, 0.717) is 0 Å². The first-order chi connectivity index (χ1) is 8.47. The zero-order chi connectivity index (χ0) is 15.2. The lowest BCUT2D eigenvalue weighted by Crippen LogP contribution is -2.43. The van der Waals surface area contributed by atoms with Crippen LogP contribution in [0.4, 0.5) is 7.77 Å². The van der Waals surface area contributed by atoms with Crippen LogP contribution in [-0.2, 0) is 25.6 Å². The molecule has 1 heterocycles. The van der Waals surface area contributed by atoms with Crippen molar-refractivity contribution in [2.24, 2.45) is 0 Å². The highest BCUT2D eigenvalue weighted by atomic mass is 32.3. The van der Waals surface area contributed by atoms with Gasteiger partial charge in [-0.15, -0.1) is 7.77 Å². The third-order valence-electron chi connectivity index (χ3n) is 2.66. The van der Waals surface area contributed by atoms with Crippen molar-refractivity contribution >= 4 is 20.8 Å². The number of quaternary nitrogens is 1. The molecule has 0 radical (unpaired) electrons. The molecule has 7 nitrogen and oxygen atoms in total. The summed E-state index contributed by atoms with van der Waals surface area (Å²) in [6, 6.07) is 0. The van der Waals surface area contributed by atoms with Crippen LogP contribution in [0.2, 0.25) is 0 Å². The van der Waals surface area contributed by atoms with E-state index in [4.69, 9.17) is 4.74 Å². The van der Waals surface area contributed by atoms with E-state index in [-0.39, 0.29) is 0 Å². The molecule has 1 aliphatic rings. The molecule has 11 heteroatoms. The molecule has 0 spiro atoms. The molecule has 0 bridgehead atoms. The van der Waals surface area contributed by atoms with Gasteiger partial charge in [-0.25, -0.2) is 16.8 Å². The molecule has 0 aromatic heterocycles. The molecule has 0 atom stereocenters. The molecular weight excluding hydrogens is 306 g/mol. The minimum atomic E-state index is -5.62. The van der Waals surface area contributed by atoms with Crippen LogP contribution in [0.1, 0.15) is 12.8 Å². The Hall–Kier alpha value is -0.360. The van der Waals surface area contributed by atoms with Crippen LogP contribution in [-0.4, -0.2) is 61.7 Å². The Kier molecular flexibility index (Phi) is 7.29. The molecule has 19 heavy (non-hydrogen) atoms. The fourth-order valence-electron chi connectivity index (χ4n) is 1.74. The van der Waals surface area contributed by atoms with Crippen molar-refractivity contribution < 1.29 is 33.8 Å². The van der Waals surface area contributed by atoms with Crippen LogP contribution in [0.5, 0.6) is 0 Å². The van der Waals surface area contributed by atoms with Gasteiger partial charge in [0.25, 0.3) is 0 Å². The molecule has 0 N–H and O–H groups in total. The standard InChI is InChI=1S/C8H18NO.F2NO4S2/c1-9(7-8-10-2)5-3-4-6-9;1-8(4,5)3-9(2,6)7/h3-8H2,1-2H3;/q+1;-1. The molecule has 0 unspecified atom stereocenters. The van der Waals surface area contributed by atoms with Crippen LogP contribution < -0.4 is 0 Å². The number of hydrogen-bond donors (Lipinski definition) is 0. The number of hydrogen-bond acceptors (Lipinski definition) is 5. The van der Waals surface area contributed by atoms with Gasteiger partial charge in [0.1, 0.15) is 6.54 Å². The van der Waals surface area contributed by atoms with Gasteiger partial charge in [0, 0.05) is 20.0 Å².